The van der Waals surface area contributed by atoms with Crippen LogP contribution >= 0.6 is 0 Å². The third-order valence-electron chi connectivity index (χ3n) is 3.53. The lowest BCUT2D eigenvalue weighted by atomic mass is 9.94. The van der Waals surface area contributed by atoms with Crippen LogP contribution in [0.1, 0.15) is 18.0 Å². The maximum absolute atomic E-state index is 5.83. The number of hydrogen-bond acceptors (Lipinski definition) is 3. The van der Waals surface area contributed by atoms with Gasteiger partial charge in [-0.3, -0.25) is 4.90 Å². The molecule has 2 N–H and O–H groups in total. The molecule has 1 aliphatic rings. The topological polar surface area (TPSA) is 38.5 Å². The van der Waals surface area contributed by atoms with Crippen LogP contribution in [0.4, 0.5) is 0 Å². The van der Waals surface area contributed by atoms with Crippen molar-refractivity contribution < 1.29 is 4.74 Å². The van der Waals surface area contributed by atoms with Crippen molar-refractivity contribution in [3.05, 3.63) is 29.8 Å². The smallest absolute Gasteiger partial charge is 0.118 e. The third kappa shape index (κ3) is 2.06. The maximum atomic E-state index is 5.83. The lowest BCUT2D eigenvalue weighted by Crippen LogP contribution is -2.25. The molecule has 0 spiro atoms. The number of nitrogens with two attached hydrogens (primary N) is 1. The Morgan fingerprint density at radius 3 is 2.62 bits per heavy atom. The molecule has 1 saturated heterocycles. The molecule has 2 rings (SSSR count). The van der Waals surface area contributed by atoms with Crippen LogP contribution in [0.3, 0.4) is 0 Å². The fourth-order valence-corrected chi connectivity index (χ4v) is 2.60. The Morgan fingerprint density at radius 1 is 1.38 bits per heavy atom. The monoisotopic (exact) mass is 220 g/mol. The highest BCUT2D eigenvalue weighted by Gasteiger charge is 2.31. The molecule has 1 aliphatic heterocycles. The van der Waals surface area contributed by atoms with E-state index in [-0.39, 0.29) is 0 Å². The molecule has 0 unspecified atom stereocenters. The highest BCUT2D eigenvalue weighted by atomic mass is 16.5. The van der Waals surface area contributed by atoms with E-state index in [0.717, 1.165) is 18.8 Å². The van der Waals surface area contributed by atoms with Gasteiger partial charge in [0.1, 0.15) is 5.75 Å². The van der Waals surface area contributed by atoms with Crippen LogP contribution in [-0.2, 0) is 0 Å². The normalized spacial score (nSPS) is 25.9. The van der Waals surface area contributed by atoms with E-state index >= 15 is 0 Å². The van der Waals surface area contributed by atoms with Gasteiger partial charge in [0.25, 0.3) is 0 Å². The Bertz CT molecular complexity index is 336. The van der Waals surface area contributed by atoms with E-state index in [9.17, 15) is 0 Å². The third-order valence-corrected chi connectivity index (χ3v) is 3.53. The predicted molar refractivity (Wildman–Crippen MR) is 65.5 cm³/mol. The SMILES string of the molecule is COc1ccc([C@H]2[C@H](CN)CCN2C)cc1. The minimum Gasteiger partial charge on any atom is -0.497 e. The quantitative estimate of drug-likeness (QED) is 0.841. The van der Waals surface area contributed by atoms with Gasteiger partial charge in [0.05, 0.1) is 7.11 Å². The molecule has 16 heavy (non-hydrogen) atoms. The molecule has 0 saturated carbocycles. The molecule has 1 aromatic rings. The highest BCUT2D eigenvalue weighted by molar-refractivity contribution is 5.30. The van der Waals surface area contributed by atoms with E-state index in [1.807, 2.05) is 12.1 Å². The van der Waals surface area contributed by atoms with Crippen molar-refractivity contribution in [2.24, 2.45) is 11.7 Å². The number of nitrogens with zero attached hydrogens (tertiary/aromatic N) is 1. The van der Waals surface area contributed by atoms with Crippen LogP contribution < -0.4 is 10.5 Å². The zero-order valence-electron chi connectivity index (χ0n) is 10.0. The molecule has 0 aromatic heterocycles. The van der Waals surface area contributed by atoms with Crippen molar-refractivity contribution in [1.82, 2.24) is 4.90 Å². The number of hydrogen-bond donors (Lipinski definition) is 1. The fourth-order valence-electron chi connectivity index (χ4n) is 2.60. The molecule has 3 nitrogen and oxygen atoms in total. The van der Waals surface area contributed by atoms with Gasteiger partial charge in [-0.1, -0.05) is 12.1 Å². The van der Waals surface area contributed by atoms with Crippen molar-refractivity contribution in [2.75, 3.05) is 27.2 Å². The van der Waals surface area contributed by atoms with Crippen molar-refractivity contribution >= 4 is 0 Å². The van der Waals surface area contributed by atoms with Crippen LogP contribution in [0.5, 0.6) is 5.75 Å². The maximum Gasteiger partial charge on any atom is 0.118 e. The second-order valence-corrected chi connectivity index (χ2v) is 4.48. The molecule has 0 aliphatic carbocycles. The second-order valence-electron chi connectivity index (χ2n) is 4.48. The standard InChI is InChI=1S/C13H20N2O/c1-15-8-7-11(9-14)13(15)10-3-5-12(16-2)6-4-10/h3-6,11,13H,7-9,14H2,1-2H3/t11-,13-/m0/s1. The minimum absolute atomic E-state index is 0.468. The first-order chi connectivity index (χ1) is 7.76. The van der Waals surface area contributed by atoms with Gasteiger partial charge in [-0.2, -0.15) is 0 Å². The Hall–Kier alpha value is -1.06. The Balaban J connectivity index is 2.21. The second kappa shape index (κ2) is 4.85. The van der Waals surface area contributed by atoms with Gasteiger partial charge in [-0.25, -0.2) is 0 Å². The van der Waals surface area contributed by atoms with Crippen LogP contribution in [0.2, 0.25) is 0 Å². The first kappa shape index (κ1) is 11.4. The van der Waals surface area contributed by atoms with Gasteiger partial charge >= 0.3 is 0 Å². The van der Waals surface area contributed by atoms with Gasteiger partial charge in [0.2, 0.25) is 0 Å². The lowest BCUT2D eigenvalue weighted by molar-refractivity contribution is 0.279. The largest absolute Gasteiger partial charge is 0.497 e. The molecule has 3 heteroatoms. The van der Waals surface area contributed by atoms with E-state index < -0.39 is 0 Å². The average molecular weight is 220 g/mol. The average Bonchev–Trinajstić information content (AvgIpc) is 2.70. The molecule has 2 atom stereocenters. The van der Waals surface area contributed by atoms with Gasteiger partial charge < -0.3 is 10.5 Å². The van der Waals surface area contributed by atoms with Crippen LogP contribution in [0, 0.1) is 5.92 Å². The summed E-state index contributed by atoms with van der Waals surface area (Å²) in [6.45, 7) is 1.90. The summed E-state index contributed by atoms with van der Waals surface area (Å²) in [7, 11) is 3.87. The van der Waals surface area contributed by atoms with E-state index in [4.69, 9.17) is 10.5 Å². The molecule has 0 bridgehead atoms. The molecule has 1 aromatic carbocycles. The first-order valence-electron chi connectivity index (χ1n) is 5.80. The summed E-state index contributed by atoms with van der Waals surface area (Å²) in [4.78, 5) is 2.39. The lowest BCUT2D eigenvalue weighted by Gasteiger charge is -2.24. The van der Waals surface area contributed by atoms with E-state index in [0.29, 0.717) is 12.0 Å². The summed E-state index contributed by atoms with van der Waals surface area (Å²) in [5, 5.41) is 0. The van der Waals surface area contributed by atoms with Crippen LogP contribution in [0.25, 0.3) is 0 Å². The number of ether oxygens (including phenoxy) is 1. The van der Waals surface area contributed by atoms with E-state index in [2.05, 4.69) is 24.1 Å². The van der Waals surface area contributed by atoms with Crippen LogP contribution in [0.15, 0.2) is 24.3 Å². The van der Waals surface area contributed by atoms with Crippen molar-refractivity contribution in [3.8, 4) is 5.75 Å². The van der Waals surface area contributed by atoms with Crippen molar-refractivity contribution in [1.29, 1.82) is 0 Å². The number of methoxy groups -OCH3 is 1. The molecule has 0 amide bonds. The summed E-state index contributed by atoms with van der Waals surface area (Å²) in [6, 6.07) is 8.81. The number of benzene rings is 1. The van der Waals surface area contributed by atoms with Gasteiger partial charge in [0, 0.05) is 6.04 Å². The molecule has 1 fully saturated rings. The molecule has 1 heterocycles. The number of rotatable bonds is 3. The van der Waals surface area contributed by atoms with E-state index in [1.54, 1.807) is 7.11 Å². The molecular formula is C13H20N2O. The summed E-state index contributed by atoms with van der Waals surface area (Å²) in [5.74, 6) is 1.49. The zero-order valence-corrected chi connectivity index (χ0v) is 10.0. The molecular weight excluding hydrogens is 200 g/mol. The predicted octanol–water partition coefficient (Wildman–Crippen LogP) is 1.65. The fraction of sp³-hybridized carbons (Fsp3) is 0.538. The summed E-state index contributed by atoms with van der Waals surface area (Å²) in [6.07, 6.45) is 1.20. The number of likely N-dealkylation sites (tertiary alicyclic amines) is 1. The Morgan fingerprint density at radius 2 is 2.06 bits per heavy atom. The first-order valence-corrected chi connectivity index (χ1v) is 5.80. The highest BCUT2D eigenvalue weighted by Crippen LogP contribution is 2.35. The summed E-state index contributed by atoms with van der Waals surface area (Å²) in [5.41, 5.74) is 7.17. The molecule has 88 valence electrons. The Labute approximate surface area is 97.2 Å². The van der Waals surface area contributed by atoms with E-state index in [1.165, 1.54) is 12.0 Å². The van der Waals surface area contributed by atoms with Crippen molar-refractivity contribution in [2.45, 2.75) is 12.5 Å². The minimum atomic E-state index is 0.468. The Kier molecular flexibility index (Phi) is 3.46. The summed E-state index contributed by atoms with van der Waals surface area (Å²) >= 11 is 0. The van der Waals surface area contributed by atoms with Gasteiger partial charge in [0.15, 0.2) is 0 Å². The van der Waals surface area contributed by atoms with Crippen LogP contribution in [-0.4, -0.2) is 32.1 Å². The van der Waals surface area contributed by atoms with Gasteiger partial charge in [-0.15, -0.1) is 0 Å². The van der Waals surface area contributed by atoms with Crippen molar-refractivity contribution in [3.63, 3.8) is 0 Å². The van der Waals surface area contributed by atoms with Gasteiger partial charge in [-0.05, 0) is 50.2 Å². The zero-order chi connectivity index (χ0) is 11.5. The summed E-state index contributed by atoms with van der Waals surface area (Å²) < 4.78 is 5.17. The molecule has 0 radical (unpaired) electrons.